The standard InChI is InChI=1S/C26H23ClN2O4S/c1-14-21(25(30)32-3)23(22(15(2)28-14)26(31)33-4)18-7-5-6-8-19(18)24-29-20(13-34-24)16-9-11-17(27)12-10-16/h5-13,23,28H,1-4H3. The number of benzene rings is 2. The zero-order valence-corrected chi connectivity index (χ0v) is 20.7. The highest BCUT2D eigenvalue weighted by molar-refractivity contribution is 7.13. The second kappa shape index (κ2) is 9.83. The van der Waals surface area contributed by atoms with Crippen LogP contribution in [0, 0.1) is 0 Å². The highest BCUT2D eigenvalue weighted by Gasteiger charge is 2.38. The minimum absolute atomic E-state index is 0.357. The molecule has 2 heterocycles. The van der Waals surface area contributed by atoms with Gasteiger partial charge in [-0.1, -0.05) is 48.0 Å². The first-order chi connectivity index (χ1) is 16.3. The summed E-state index contributed by atoms with van der Waals surface area (Å²) >= 11 is 7.51. The molecule has 4 rings (SSSR count). The number of rotatable bonds is 5. The number of carbonyl (C=O) groups excluding carboxylic acids is 2. The van der Waals surface area contributed by atoms with Crippen molar-refractivity contribution in [2.24, 2.45) is 0 Å². The van der Waals surface area contributed by atoms with Gasteiger partial charge in [0.25, 0.3) is 0 Å². The highest BCUT2D eigenvalue weighted by Crippen LogP contribution is 2.43. The minimum Gasteiger partial charge on any atom is -0.466 e. The van der Waals surface area contributed by atoms with Gasteiger partial charge in [-0.05, 0) is 31.5 Å². The number of aromatic nitrogens is 1. The normalized spacial score (nSPS) is 14.1. The van der Waals surface area contributed by atoms with Gasteiger partial charge in [0.15, 0.2) is 0 Å². The lowest BCUT2D eigenvalue weighted by atomic mass is 9.78. The topological polar surface area (TPSA) is 77.5 Å². The summed E-state index contributed by atoms with van der Waals surface area (Å²) in [6, 6.07) is 15.1. The number of carbonyl (C=O) groups is 2. The van der Waals surface area contributed by atoms with Crippen molar-refractivity contribution in [2.45, 2.75) is 19.8 Å². The summed E-state index contributed by atoms with van der Waals surface area (Å²) in [5.41, 5.74) is 5.31. The van der Waals surface area contributed by atoms with Crippen LogP contribution in [0.2, 0.25) is 5.02 Å². The van der Waals surface area contributed by atoms with Crippen LogP contribution in [0.3, 0.4) is 0 Å². The molecule has 0 saturated heterocycles. The quantitative estimate of drug-likeness (QED) is 0.458. The Bertz CT molecular complexity index is 1290. The van der Waals surface area contributed by atoms with Crippen LogP contribution in [0.1, 0.15) is 25.3 Å². The Labute approximate surface area is 206 Å². The number of nitrogens with zero attached hydrogens (tertiary/aromatic N) is 1. The Morgan fingerprint density at radius 2 is 1.53 bits per heavy atom. The first-order valence-corrected chi connectivity index (χ1v) is 11.8. The van der Waals surface area contributed by atoms with E-state index in [0.717, 1.165) is 27.4 Å². The monoisotopic (exact) mass is 494 g/mol. The molecule has 174 valence electrons. The average Bonchev–Trinajstić information content (AvgIpc) is 3.33. The molecule has 0 fully saturated rings. The van der Waals surface area contributed by atoms with Crippen molar-refractivity contribution in [2.75, 3.05) is 14.2 Å². The maximum absolute atomic E-state index is 12.9. The van der Waals surface area contributed by atoms with Gasteiger partial charge in [-0.2, -0.15) is 0 Å². The van der Waals surface area contributed by atoms with Gasteiger partial charge in [-0.15, -0.1) is 11.3 Å². The van der Waals surface area contributed by atoms with E-state index in [2.05, 4.69) is 5.32 Å². The molecule has 0 bridgehead atoms. The van der Waals surface area contributed by atoms with E-state index in [1.54, 1.807) is 13.8 Å². The van der Waals surface area contributed by atoms with Gasteiger partial charge in [0, 0.05) is 32.9 Å². The molecule has 3 aromatic rings. The molecule has 1 N–H and O–H groups in total. The summed E-state index contributed by atoms with van der Waals surface area (Å²) in [6.07, 6.45) is 0. The number of nitrogens with one attached hydrogen (secondary N) is 1. The van der Waals surface area contributed by atoms with Crippen LogP contribution in [0.15, 0.2) is 76.5 Å². The van der Waals surface area contributed by atoms with Gasteiger partial charge in [0.05, 0.1) is 37.0 Å². The van der Waals surface area contributed by atoms with Crippen LogP contribution < -0.4 is 5.32 Å². The molecule has 0 unspecified atom stereocenters. The number of methoxy groups -OCH3 is 2. The third kappa shape index (κ3) is 4.36. The van der Waals surface area contributed by atoms with E-state index in [0.29, 0.717) is 27.6 Å². The molecule has 0 amide bonds. The predicted molar refractivity (Wildman–Crippen MR) is 133 cm³/mol. The van der Waals surface area contributed by atoms with Gasteiger partial charge in [0.1, 0.15) is 5.01 Å². The summed E-state index contributed by atoms with van der Waals surface area (Å²) in [5, 5.41) is 6.53. The largest absolute Gasteiger partial charge is 0.466 e. The fourth-order valence-electron chi connectivity index (χ4n) is 4.16. The Balaban J connectivity index is 1.89. The van der Waals surface area contributed by atoms with Crippen molar-refractivity contribution in [3.05, 3.63) is 87.0 Å². The fraction of sp³-hybridized carbons (Fsp3) is 0.192. The maximum atomic E-state index is 12.9. The number of esters is 2. The van der Waals surface area contributed by atoms with Crippen LogP contribution in [0.4, 0.5) is 0 Å². The van der Waals surface area contributed by atoms with Crippen LogP contribution in [-0.2, 0) is 19.1 Å². The van der Waals surface area contributed by atoms with E-state index in [1.807, 2.05) is 53.9 Å². The first kappa shape index (κ1) is 23.7. The third-order valence-electron chi connectivity index (χ3n) is 5.72. The Hall–Kier alpha value is -3.42. The van der Waals surface area contributed by atoms with Crippen molar-refractivity contribution in [3.63, 3.8) is 0 Å². The minimum atomic E-state index is -0.680. The van der Waals surface area contributed by atoms with Crippen LogP contribution in [-0.4, -0.2) is 31.1 Å². The zero-order chi connectivity index (χ0) is 24.4. The van der Waals surface area contributed by atoms with Crippen molar-refractivity contribution >= 4 is 34.9 Å². The molecule has 34 heavy (non-hydrogen) atoms. The van der Waals surface area contributed by atoms with Crippen molar-refractivity contribution in [3.8, 4) is 21.8 Å². The van der Waals surface area contributed by atoms with E-state index in [-0.39, 0.29) is 0 Å². The maximum Gasteiger partial charge on any atom is 0.336 e. The van der Waals surface area contributed by atoms with Crippen LogP contribution in [0.25, 0.3) is 21.8 Å². The summed E-state index contributed by atoms with van der Waals surface area (Å²) in [4.78, 5) is 30.6. The SMILES string of the molecule is COC(=O)C1=C(C)NC(C)=C(C(=O)OC)C1c1ccccc1-c1nc(-c2ccc(Cl)cc2)cs1. The third-order valence-corrected chi connectivity index (χ3v) is 6.84. The molecule has 2 aromatic carbocycles. The lowest BCUT2D eigenvalue weighted by Crippen LogP contribution is -2.32. The Morgan fingerprint density at radius 3 is 2.12 bits per heavy atom. The van der Waals surface area contributed by atoms with Gasteiger partial charge < -0.3 is 14.8 Å². The highest BCUT2D eigenvalue weighted by atomic mass is 35.5. The molecule has 1 aromatic heterocycles. The van der Waals surface area contributed by atoms with Crippen molar-refractivity contribution in [1.82, 2.24) is 10.3 Å². The molecule has 0 radical (unpaired) electrons. The smallest absolute Gasteiger partial charge is 0.336 e. The van der Waals surface area contributed by atoms with Crippen LogP contribution in [0.5, 0.6) is 0 Å². The van der Waals surface area contributed by atoms with E-state index >= 15 is 0 Å². The van der Waals surface area contributed by atoms with E-state index in [4.69, 9.17) is 26.1 Å². The molecule has 0 spiro atoms. The molecule has 0 atom stereocenters. The lowest BCUT2D eigenvalue weighted by Gasteiger charge is -2.31. The van der Waals surface area contributed by atoms with Gasteiger partial charge in [-0.25, -0.2) is 14.6 Å². The number of thiazole rings is 1. The zero-order valence-electron chi connectivity index (χ0n) is 19.1. The molecule has 0 aliphatic carbocycles. The Kier molecular flexibility index (Phi) is 6.86. The van der Waals surface area contributed by atoms with Crippen molar-refractivity contribution < 1.29 is 19.1 Å². The van der Waals surface area contributed by atoms with Gasteiger partial charge in [0.2, 0.25) is 0 Å². The summed E-state index contributed by atoms with van der Waals surface area (Å²) in [6.45, 7) is 3.59. The molecular formula is C26H23ClN2O4S. The molecular weight excluding hydrogens is 472 g/mol. The number of halogens is 1. The second-order valence-electron chi connectivity index (χ2n) is 7.75. The fourth-order valence-corrected chi connectivity index (χ4v) is 5.16. The molecule has 1 aliphatic rings. The second-order valence-corrected chi connectivity index (χ2v) is 9.05. The average molecular weight is 495 g/mol. The first-order valence-electron chi connectivity index (χ1n) is 10.5. The molecule has 6 nitrogen and oxygen atoms in total. The molecule has 8 heteroatoms. The van der Waals surface area contributed by atoms with Crippen LogP contribution >= 0.6 is 22.9 Å². The number of hydrogen-bond acceptors (Lipinski definition) is 7. The Morgan fingerprint density at radius 1 is 0.941 bits per heavy atom. The number of hydrogen-bond donors (Lipinski definition) is 1. The summed E-state index contributed by atoms with van der Waals surface area (Å²) < 4.78 is 10.2. The molecule has 1 aliphatic heterocycles. The van der Waals surface area contributed by atoms with E-state index < -0.39 is 17.9 Å². The van der Waals surface area contributed by atoms with E-state index in [1.165, 1.54) is 25.6 Å². The van der Waals surface area contributed by atoms with E-state index in [9.17, 15) is 9.59 Å². The summed E-state index contributed by atoms with van der Waals surface area (Å²) in [7, 11) is 2.65. The predicted octanol–water partition coefficient (Wildman–Crippen LogP) is 5.71. The number of allylic oxidation sites excluding steroid dienone is 2. The lowest BCUT2D eigenvalue weighted by molar-refractivity contribution is -0.137. The summed E-state index contributed by atoms with van der Waals surface area (Å²) in [5.74, 6) is -1.71. The number of dihydropyridines is 1. The van der Waals surface area contributed by atoms with Crippen molar-refractivity contribution in [1.29, 1.82) is 0 Å². The van der Waals surface area contributed by atoms with Gasteiger partial charge >= 0.3 is 11.9 Å². The molecule has 0 saturated carbocycles. The van der Waals surface area contributed by atoms with Gasteiger partial charge in [-0.3, -0.25) is 0 Å². The number of ether oxygens (including phenoxy) is 2.